The average Bonchev–Trinajstić information content (AvgIpc) is 2.43. The van der Waals surface area contributed by atoms with E-state index in [-0.39, 0.29) is 6.07 Å². The van der Waals surface area contributed by atoms with Gasteiger partial charge in [-0.15, -0.1) is 0 Å². The third-order valence-corrected chi connectivity index (χ3v) is 2.73. The van der Waals surface area contributed by atoms with Crippen LogP contribution in [0.1, 0.15) is 12.0 Å². The number of hydrogen-bond acceptors (Lipinski definition) is 0. The molecule has 0 spiro atoms. The molecule has 0 aliphatic heterocycles. The van der Waals surface area contributed by atoms with Gasteiger partial charge in [-0.05, 0) is 23.8 Å². The quantitative estimate of drug-likeness (QED) is 0.410. The summed E-state index contributed by atoms with van der Waals surface area (Å²) in [6.07, 6.45) is -3.30. The van der Waals surface area contributed by atoms with E-state index in [0.717, 1.165) is 0 Å². The Bertz CT molecular complexity index is 679. The van der Waals surface area contributed by atoms with Crippen molar-refractivity contribution >= 4 is 0 Å². The topological polar surface area (TPSA) is 0 Å². The number of rotatable bonds is 2. The van der Waals surface area contributed by atoms with Crippen molar-refractivity contribution in [2.45, 2.75) is 6.43 Å². The van der Waals surface area contributed by atoms with Crippen molar-refractivity contribution in [2.24, 2.45) is 0 Å². The van der Waals surface area contributed by atoms with Crippen LogP contribution in [-0.2, 0) is 0 Å². The highest BCUT2D eigenvalue weighted by atomic mass is 19.3. The Balaban J connectivity index is 2.88. The van der Waals surface area contributed by atoms with E-state index < -0.39 is 58.0 Å². The Morgan fingerprint density at radius 3 is 1.62 bits per heavy atom. The van der Waals surface area contributed by atoms with Crippen molar-refractivity contribution in [1.82, 2.24) is 0 Å². The maximum Gasteiger partial charge on any atom is 0.264 e. The van der Waals surface area contributed by atoms with E-state index in [1.54, 1.807) is 0 Å². The third-order valence-electron chi connectivity index (χ3n) is 2.73. The van der Waals surface area contributed by atoms with E-state index in [4.69, 9.17) is 0 Å². The van der Waals surface area contributed by atoms with Gasteiger partial charge in [-0.1, -0.05) is 0 Å². The molecule has 2 aromatic rings. The molecule has 0 unspecified atom stereocenters. The molecule has 0 saturated carbocycles. The number of hydrogen-bond donors (Lipinski definition) is 0. The highest BCUT2D eigenvalue weighted by molar-refractivity contribution is 5.69. The molecule has 0 fully saturated rings. The fourth-order valence-electron chi connectivity index (χ4n) is 1.78. The van der Waals surface area contributed by atoms with E-state index in [1.807, 2.05) is 0 Å². The second-order valence-corrected chi connectivity index (χ2v) is 3.98. The molecule has 2 rings (SSSR count). The number of halogens is 8. The Hall–Kier alpha value is -2.12. The second-order valence-electron chi connectivity index (χ2n) is 3.98. The van der Waals surface area contributed by atoms with Crippen LogP contribution < -0.4 is 0 Å². The van der Waals surface area contributed by atoms with E-state index >= 15 is 0 Å². The van der Waals surface area contributed by atoms with Gasteiger partial charge in [-0.2, -0.15) is 0 Å². The van der Waals surface area contributed by atoms with Gasteiger partial charge in [-0.25, -0.2) is 35.1 Å². The molecule has 0 bridgehead atoms. The molecule has 0 saturated heterocycles. The predicted molar refractivity (Wildman–Crippen MR) is 56.6 cm³/mol. The molecule has 2 aromatic carbocycles. The van der Waals surface area contributed by atoms with Gasteiger partial charge in [0.1, 0.15) is 5.82 Å². The van der Waals surface area contributed by atoms with Crippen LogP contribution in [0.25, 0.3) is 11.1 Å². The minimum absolute atomic E-state index is 0.278. The van der Waals surface area contributed by atoms with Crippen LogP contribution in [0, 0.1) is 34.9 Å². The molecule has 112 valence electrons. The van der Waals surface area contributed by atoms with Crippen LogP contribution in [0.4, 0.5) is 35.1 Å². The SMILES string of the molecule is Fc1ccc(C(F)F)c(-c2c(F)c(F)c(F)c(F)c2F)c1. The Labute approximate surface area is 112 Å². The van der Waals surface area contributed by atoms with Crippen LogP contribution in [0.2, 0.25) is 0 Å². The summed E-state index contributed by atoms with van der Waals surface area (Å²) in [5.41, 5.74) is -3.75. The van der Waals surface area contributed by atoms with Gasteiger partial charge in [-0.3, -0.25) is 0 Å². The standard InChI is InChI=1S/C13H4F8/c14-4-1-2-5(13(20)21)6(3-4)7-8(15)10(17)12(19)11(18)9(7)16/h1-3,13H. The van der Waals surface area contributed by atoms with Gasteiger partial charge >= 0.3 is 0 Å². The van der Waals surface area contributed by atoms with Crippen molar-refractivity contribution in [2.75, 3.05) is 0 Å². The lowest BCUT2D eigenvalue weighted by Gasteiger charge is -2.12. The van der Waals surface area contributed by atoms with Crippen molar-refractivity contribution in [1.29, 1.82) is 0 Å². The summed E-state index contributed by atoms with van der Waals surface area (Å²) in [5.74, 6) is -12.8. The number of alkyl halides is 2. The molecule has 0 radical (unpaired) electrons. The molecule has 0 heterocycles. The van der Waals surface area contributed by atoms with E-state index in [2.05, 4.69) is 0 Å². The minimum Gasteiger partial charge on any atom is -0.207 e. The van der Waals surface area contributed by atoms with Gasteiger partial charge in [0.25, 0.3) is 6.43 Å². The van der Waals surface area contributed by atoms with Gasteiger partial charge in [0, 0.05) is 5.56 Å². The fourth-order valence-corrected chi connectivity index (χ4v) is 1.78. The Kier molecular flexibility index (Phi) is 3.89. The van der Waals surface area contributed by atoms with Gasteiger partial charge in [0.15, 0.2) is 23.3 Å². The lowest BCUT2D eigenvalue weighted by Crippen LogP contribution is -2.06. The first-order chi connectivity index (χ1) is 9.75. The monoisotopic (exact) mass is 312 g/mol. The lowest BCUT2D eigenvalue weighted by atomic mass is 9.98. The van der Waals surface area contributed by atoms with Crippen molar-refractivity contribution in [3.8, 4) is 11.1 Å². The zero-order valence-corrected chi connectivity index (χ0v) is 9.83. The molecule has 0 aliphatic rings. The first-order valence-electron chi connectivity index (χ1n) is 5.35. The van der Waals surface area contributed by atoms with Gasteiger partial charge < -0.3 is 0 Å². The maximum atomic E-state index is 13.6. The summed E-state index contributed by atoms with van der Waals surface area (Å²) in [6, 6.07) is 1.37. The summed E-state index contributed by atoms with van der Waals surface area (Å²) < 4.78 is 105. The average molecular weight is 312 g/mol. The van der Waals surface area contributed by atoms with E-state index in [0.29, 0.717) is 12.1 Å². The molecule has 0 aromatic heterocycles. The second kappa shape index (κ2) is 5.34. The molecule has 0 N–H and O–H groups in total. The highest BCUT2D eigenvalue weighted by Gasteiger charge is 2.29. The zero-order valence-electron chi connectivity index (χ0n) is 9.83. The molecule has 0 atom stereocenters. The molecule has 8 heteroatoms. The largest absolute Gasteiger partial charge is 0.264 e. The van der Waals surface area contributed by atoms with Gasteiger partial charge in [0.2, 0.25) is 5.82 Å². The van der Waals surface area contributed by atoms with Crippen molar-refractivity contribution in [3.05, 3.63) is 58.7 Å². The summed E-state index contributed by atoms with van der Waals surface area (Å²) in [4.78, 5) is 0. The third kappa shape index (κ3) is 2.45. The summed E-state index contributed by atoms with van der Waals surface area (Å²) in [6.45, 7) is 0. The summed E-state index contributed by atoms with van der Waals surface area (Å²) in [5, 5.41) is 0. The van der Waals surface area contributed by atoms with E-state index in [1.165, 1.54) is 0 Å². The van der Waals surface area contributed by atoms with E-state index in [9.17, 15) is 35.1 Å². The maximum absolute atomic E-state index is 13.6. The summed E-state index contributed by atoms with van der Waals surface area (Å²) in [7, 11) is 0. The van der Waals surface area contributed by atoms with Crippen molar-refractivity contribution < 1.29 is 35.1 Å². The normalized spacial score (nSPS) is 11.3. The molecule has 0 nitrogen and oxygen atoms in total. The van der Waals surface area contributed by atoms with Crippen LogP contribution >= 0.6 is 0 Å². The lowest BCUT2D eigenvalue weighted by molar-refractivity contribution is 0.152. The molecular weight excluding hydrogens is 308 g/mol. The van der Waals surface area contributed by atoms with Crippen molar-refractivity contribution in [3.63, 3.8) is 0 Å². The van der Waals surface area contributed by atoms with Crippen LogP contribution in [0.3, 0.4) is 0 Å². The molecular formula is C13H4F8. The fraction of sp³-hybridized carbons (Fsp3) is 0.0769. The number of benzene rings is 2. The zero-order chi connectivity index (χ0) is 15.9. The predicted octanol–water partition coefficient (Wildman–Crippen LogP) is 5.13. The Morgan fingerprint density at radius 2 is 1.14 bits per heavy atom. The van der Waals surface area contributed by atoms with Gasteiger partial charge in [0.05, 0.1) is 5.56 Å². The molecule has 21 heavy (non-hydrogen) atoms. The summed E-state index contributed by atoms with van der Waals surface area (Å²) >= 11 is 0. The molecule has 0 amide bonds. The first-order valence-corrected chi connectivity index (χ1v) is 5.35. The minimum atomic E-state index is -3.30. The smallest absolute Gasteiger partial charge is 0.207 e. The van der Waals surface area contributed by atoms with Crippen LogP contribution in [-0.4, -0.2) is 0 Å². The Morgan fingerprint density at radius 1 is 0.667 bits per heavy atom. The first kappa shape index (κ1) is 15.3. The molecule has 0 aliphatic carbocycles. The van der Waals surface area contributed by atoms with Crippen LogP contribution in [0.15, 0.2) is 18.2 Å². The van der Waals surface area contributed by atoms with Crippen LogP contribution in [0.5, 0.6) is 0 Å². The highest BCUT2D eigenvalue weighted by Crippen LogP contribution is 2.37.